The zero-order valence-electron chi connectivity index (χ0n) is 16.3. The summed E-state index contributed by atoms with van der Waals surface area (Å²) in [5, 5.41) is 11.4. The highest BCUT2D eigenvalue weighted by atomic mass is 32.2. The molecule has 1 unspecified atom stereocenters. The molecule has 0 radical (unpaired) electrons. The first kappa shape index (κ1) is 19.2. The molecule has 0 saturated heterocycles. The fourth-order valence-corrected chi connectivity index (χ4v) is 5.53. The number of hydrogen-bond acceptors (Lipinski definition) is 3. The van der Waals surface area contributed by atoms with Gasteiger partial charge in [0.25, 0.3) is 0 Å². The fourth-order valence-electron chi connectivity index (χ4n) is 3.67. The van der Waals surface area contributed by atoms with Crippen molar-refractivity contribution in [3.63, 3.8) is 0 Å². The van der Waals surface area contributed by atoms with Gasteiger partial charge >= 0.3 is 0 Å². The van der Waals surface area contributed by atoms with E-state index in [1.807, 2.05) is 62.4 Å². The summed E-state index contributed by atoms with van der Waals surface area (Å²) in [5.41, 5.74) is 3.07. The van der Waals surface area contributed by atoms with E-state index in [1.54, 1.807) is 36.4 Å². The van der Waals surface area contributed by atoms with Crippen LogP contribution in [-0.4, -0.2) is 13.5 Å². The second-order valence-corrected chi connectivity index (χ2v) is 9.40. The van der Waals surface area contributed by atoms with Gasteiger partial charge in [0.05, 0.1) is 4.90 Å². The van der Waals surface area contributed by atoms with Gasteiger partial charge in [-0.3, -0.25) is 0 Å². The lowest BCUT2D eigenvalue weighted by atomic mass is 9.96. The van der Waals surface area contributed by atoms with E-state index >= 15 is 0 Å². The lowest BCUT2D eigenvalue weighted by Gasteiger charge is -2.22. The highest BCUT2D eigenvalue weighted by molar-refractivity contribution is 7.92. The van der Waals surface area contributed by atoms with Gasteiger partial charge in [0.15, 0.2) is 9.84 Å². The van der Waals surface area contributed by atoms with Crippen molar-refractivity contribution in [2.24, 2.45) is 0 Å². The Morgan fingerprint density at radius 2 is 1.31 bits per heavy atom. The minimum Gasteiger partial charge on any atom is -0.508 e. The van der Waals surface area contributed by atoms with Crippen LogP contribution in [0.1, 0.15) is 27.5 Å². The van der Waals surface area contributed by atoms with Crippen LogP contribution in [0, 0.1) is 13.8 Å². The highest BCUT2D eigenvalue weighted by Gasteiger charge is 2.34. The van der Waals surface area contributed by atoms with Crippen molar-refractivity contribution in [3.05, 3.63) is 107 Å². The van der Waals surface area contributed by atoms with E-state index in [2.05, 4.69) is 0 Å². The highest BCUT2D eigenvalue weighted by Crippen LogP contribution is 2.42. The van der Waals surface area contributed by atoms with Gasteiger partial charge in [-0.25, -0.2) is 8.42 Å². The number of rotatable bonds is 4. The molecule has 1 atom stereocenters. The van der Waals surface area contributed by atoms with Gasteiger partial charge in [-0.2, -0.15) is 0 Å². The maximum absolute atomic E-state index is 13.8. The van der Waals surface area contributed by atoms with Crippen molar-refractivity contribution in [1.29, 1.82) is 0 Å². The Kier molecular flexibility index (Phi) is 4.89. The van der Waals surface area contributed by atoms with Gasteiger partial charge < -0.3 is 5.11 Å². The quantitative estimate of drug-likeness (QED) is 0.475. The number of aromatic hydroxyl groups is 1. The molecule has 29 heavy (non-hydrogen) atoms. The Balaban J connectivity index is 2.04. The van der Waals surface area contributed by atoms with Gasteiger partial charge in [0.2, 0.25) is 0 Å². The molecule has 0 spiro atoms. The molecule has 0 aliphatic carbocycles. The molecule has 0 fully saturated rings. The van der Waals surface area contributed by atoms with E-state index in [0.29, 0.717) is 11.1 Å². The van der Waals surface area contributed by atoms with E-state index in [1.165, 1.54) is 0 Å². The minimum atomic E-state index is -3.81. The average molecular weight is 403 g/mol. The first-order chi connectivity index (χ1) is 13.9. The van der Waals surface area contributed by atoms with Gasteiger partial charge in [-0.1, -0.05) is 77.9 Å². The Morgan fingerprint density at radius 3 is 1.97 bits per heavy atom. The third-order valence-electron chi connectivity index (χ3n) is 5.25. The SMILES string of the molecule is Cc1ccc(C(c2c(O)ccc3ccccc23)S(=O)(=O)c2ccc(C)cc2)cc1. The molecule has 4 aromatic rings. The molecule has 4 aromatic carbocycles. The van der Waals surface area contributed by atoms with Gasteiger partial charge in [-0.15, -0.1) is 0 Å². The summed E-state index contributed by atoms with van der Waals surface area (Å²) in [6, 6.07) is 25.2. The van der Waals surface area contributed by atoms with Crippen molar-refractivity contribution in [1.82, 2.24) is 0 Å². The molecule has 1 N–H and O–H groups in total. The standard InChI is InChI=1S/C25H22O3S/c1-17-7-11-20(12-8-17)25(29(27,28)21-14-9-18(2)10-15-21)24-22-6-4-3-5-19(22)13-16-23(24)26/h3-16,25-26H,1-2H3. The Hall–Kier alpha value is -3.11. The van der Waals surface area contributed by atoms with E-state index in [9.17, 15) is 13.5 Å². The lowest BCUT2D eigenvalue weighted by Crippen LogP contribution is -2.16. The molecule has 0 aliphatic rings. The monoisotopic (exact) mass is 402 g/mol. The number of phenols is 1. The summed E-state index contributed by atoms with van der Waals surface area (Å²) in [6.45, 7) is 3.88. The second kappa shape index (κ2) is 7.37. The molecule has 0 aromatic heterocycles. The van der Waals surface area contributed by atoms with E-state index < -0.39 is 15.1 Å². The van der Waals surface area contributed by atoms with Gasteiger partial charge in [-0.05, 0) is 48.4 Å². The lowest BCUT2D eigenvalue weighted by molar-refractivity contribution is 0.469. The van der Waals surface area contributed by atoms with E-state index in [0.717, 1.165) is 21.9 Å². The summed E-state index contributed by atoms with van der Waals surface area (Å²) in [5.74, 6) is -0.0232. The summed E-state index contributed by atoms with van der Waals surface area (Å²) in [4.78, 5) is 0.237. The molecule has 4 heteroatoms. The molecule has 146 valence electrons. The summed E-state index contributed by atoms with van der Waals surface area (Å²) in [7, 11) is -3.81. The molecular weight excluding hydrogens is 380 g/mol. The Labute approximate surface area is 171 Å². The second-order valence-electron chi connectivity index (χ2n) is 7.37. The predicted molar refractivity (Wildman–Crippen MR) is 117 cm³/mol. The molecule has 4 rings (SSSR count). The smallest absolute Gasteiger partial charge is 0.189 e. The van der Waals surface area contributed by atoms with Crippen LogP contribution in [0.5, 0.6) is 5.75 Å². The molecule has 3 nitrogen and oxygen atoms in total. The third-order valence-corrected chi connectivity index (χ3v) is 7.31. The fraction of sp³-hybridized carbons (Fsp3) is 0.120. The van der Waals surface area contributed by atoms with Crippen LogP contribution >= 0.6 is 0 Å². The molecule has 0 bridgehead atoms. The van der Waals surface area contributed by atoms with Crippen LogP contribution in [0.25, 0.3) is 10.8 Å². The number of aryl methyl sites for hydroxylation is 2. The van der Waals surface area contributed by atoms with Gasteiger partial charge in [0.1, 0.15) is 11.0 Å². The number of phenolic OH excluding ortho intramolecular Hbond substituents is 1. The maximum atomic E-state index is 13.8. The number of sulfone groups is 1. The van der Waals surface area contributed by atoms with Crippen LogP contribution < -0.4 is 0 Å². The largest absolute Gasteiger partial charge is 0.508 e. The van der Waals surface area contributed by atoms with E-state index in [-0.39, 0.29) is 10.6 Å². The van der Waals surface area contributed by atoms with Crippen molar-refractivity contribution < 1.29 is 13.5 Å². The normalized spacial score (nSPS) is 12.8. The van der Waals surface area contributed by atoms with Crippen molar-refractivity contribution in [2.45, 2.75) is 24.0 Å². The molecule has 0 amide bonds. The first-order valence-electron chi connectivity index (χ1n) is 9.45. The zero-order valence-corrected chi connectivity index (χ0v) is 17.1. The van der Waals surface area contributed by atoms with Crippen molar-refractivity contribution in [3.8, 4) is 5.75 Å². The third kappa shape index (κ3) is 3.52. The molecule has 0 heterocycles. The van der Waals surface area contributed by atoms with Gasteiger partial charge in [0, 0.05) is 5.56 Å². The summed E-state index contributed by atoms with van der Waals surface area (Å²) < 4.78 is 27.6. The minimum absolute atomic E-state index is 0.0232. The average Bonchev–Trinajstić information content (AvgIpc) is 2.71. The number of fused-ring (bicyclic) bond motifs is 1. The molecule has 0 saturated carbocycles. The van der Waals surface area contributed by atoms with Crippen LogP contribution in [0.3, 0.4) is 0 Å². The van der Waals surface area contributed by atoms with Crippen LogP contribution in [0.4, 0.5) is 0 Å². The number of benzene rings is 4. The van der Waals surface area contributed by atoms with E-state index in [4.69, 9.17) is 0 Å². The van der Waals surface area contributed by atoms with Crippen molar-refractivity contribution >= 4 is 20.6 Å². The first-order valence-corrected chi connectivity index (χ1v) is 11.0. The summed E-state index contributed by atoms with van der Waals surface area (Å²) >= 11 is 0. The Morgan fingerprint density at radius 1 is 0.724 bits per heavy atom. The molecule has 0 aliphatic heterocycles. The predicted octanol–water partition coefficient (Wildman–Crippen LogP) is 5.73. The summed E-state index contributed by atoms with van der Waals surface area (Å²) in [6.07, 6.45) is 0. The zero-order chi connectivity index (χ0) is 20.6. The molecular formula is C25H22O3S. The maximum Gasteiger partial charge on any atom is 0.189 e. The van der Waals surface area contributed by atoms with Crippen molar-refractivity contribution in [2.75, 3.05) is 0 Å². The Bertz CT molecular complexity index is 1270. The topological polar surface area (TPSA) is 54.4 Å². The number of hydrogen-bond donors (Lipinski definition) is 1. The van der Waals surface area contributed by atoms with Crippen LogP contribution in [0.2, 0.25) is 0 Å². The van der Waals surface area contributed by atoms with Crippen LogP contribution in [0.15, 0.2) is 89.8 Å². The van der Waals surface area contributed by atoms with Crippen LogP contribution in [-0.2, 0) is 9.84 Å².